The minimum atomic E-state index is 0.293. The number of nitrogens with zero attached hydrogens (tertiary/aromatic N) is 2. The van der Waals surface area contributed by atoms with Crippen LogP contribution in [0.15, 0.2) is 35.5 Å². The van der Waals surface area contributed by atoms with Gasteiger partial charge in [-0.3, -0.25) is 0 Å². The summed E-state index contributed by atoms with van der Waals surface area (Å²) in [6, 6.07) is 0. The first-order valence-electron chi connectivity index (χ1n) is 3.83. The Morgan fingerprint density at radius 2 is 2.31 bits per heavy atom. The summed E-state index contributed by atoms with van der Waals surface area (Å²) in [7, 11) is 0. The van der Waals surface area contributed by atoms with Crippen LogP contribution in [0, 0.1) is 0 Å². The number of nitrogens with two attached hydrogens (primary N) is 1. The summed E-state index contributed by atoms with van der Waals surface area (Å²) >= 11 is 0. The van der Waals surface area contributed by atoms with E-state index in [2.05, 4.69) is 21.5 Å². The van der Waals surface area contributed by atoms with Crippen LogP contribution >= 0.6 is 0 Å². The van der Waals surface area contributed by atoms with Crippen LogP contribution in [0.1, 0.15) is 12.6 Å². The van der Waals surface area contributed by atoms with Gasteiger partial charge in [0.25, 0.3) is 0 Å². The molecule has 4 heteroatoms. The average Bonchev–Trinajstić information content (AvgIpc) is 2.54. The zero-order valence-corrected chi connectivity index (χ0v) is 7.40. The van der Waals surface area contributed by atoms with Gasteiger partial charge in [0.15, 0.2) is 11.5 Å². The van der Waals surface area contributed by atoms with Gasteiger partial charge in [-0.1, -0.05) is 30.9 Å². The Morgan fingerprint density at radius 1 is 1.54 bits per heavy atom. The number of aromatic nitrogens is 2. The molecule has 0 atom stereocenters. The molecular formula is C9H11N3O. The molecule has 1 rings (SSSR count). The quantitative estimate of drug-likeness (QED) is 0.715. The van der Waals surface area contributed by atoms with Crippen molar-refractivity contribution in [3.63, 3.8) is 0 Å². The first-order valence-corrected chi connectivity index (χ1v) is 3.83. The molecule has 0 saturated heterocycles. The fraction of sp³-hybridized carbons (Fsp3) is 0.111. The number of hydrogen-bond donors (Lipinski definition) is 1. The first kappa shape index (κ1) is 9.25. The number of hydrogen-bond acceptors (Lipinski definition) is 4. The molecular weight excluding hydrogens is 166 g/mol. The molecule has 0 fully saturated rings. The molecule has 4 nitrogen and oxygen atoms in total. The van der Waals surface area contributed by atoms with E-state index in [1.165, 1.54) is 0 Å². The molecule has 2 N–H and O–H groups in total. The standard InChI is InChI=1S/C9H11N3O/c1-3-5-6-7(4-2)8-9(10)12-13-11-8/h3-6H,1H2,2H3,(H2,10,12)/b6-5-,7-4+. The molecule has 0 aromatic carbocycles. The van der Waals surface area contributed by atoms with Gasteiger partial charge in [-0.25, -0.2) is 4.63 Å². The summed E-state index contributed by atoms with van der Waals surface area (Å²) in [6.45, 7) is 5.45. The van der Waals surface area contributed by atoms with Gasteiger partial charge in [-0.05, 0) is 17.2 Å². The maximum atomic E-state index is 5.52. The normalized spacial score (nSPS) is 12.2. The minimum absolute atomic E-state index is 0.293. The lowest BCUT2D eigenvalue weighted by molar-refractivity contribution is 0.308. The Labute approximate surface area is 76.4 Å². The lowest BCUT2D eigenvalue weighted by Gasteiger charge is -1.93. The van der Waals surface area contributed by atoms with E-state index < -0.39 is 0 Å². The van der Waals surface area contributed by atoms with Crippen LogP contribution in [0.4, 0.5) is 5.82 Å². The molecule has 0 radical (unpaired) electrons. The Balaban J connectivity index is 2.98. The van der Waals surface area contributed by atoms with Crippen molar-refractivity contribution in [2.45, 2.75) is 6.92 Å². The van der Waals surface area contributed by atoms with Gasteiger partial charge in [-0.15, -0.1) is 0 Å². The number of allylic oxidation sites excluding steroid dienone is 5. The van der Waals surface area contributed by atoms with Crippen LogP contribution in [0.3, 0.4) is 0 Å². The van der Waals surface area contributed by atoms with Crippen molar-refractivity contribution >= 4 is 11.4 Å². The van der Waals surface area contributed by atoms with Crippen molar-refractivity contribution in [2.24, 2.45) is 0 Å². The molecule has 0 aliphatic rings. The molecule has 1 aromatic rings. The van der Waals surface area contributed by atoms with E-state index in [9.17, 15) is 0 Å². The van der Waals surface area contributed by atoms with Crippen molar-refractivity contribution in [1.29, 1.82) is 0 Å². The molecule has 1 heterocycles. The summed E-state index contributed by atoms with van der Waals surface area (Å²) in [4.78, 5) is 0. The second-order valence-corrected chi connectivity index (χ2v) is 2.34. The smallest absolute Gasteiger partial charge is 0.196 e. The van der Waals surface area contributed by atoms with Crippen molar-refractivity contribution < 1.29 is 4.63 Å². The third kappa shape index (κ3) is 2.05. The van der Waals surface area contributed by atoms with Gasteiger partial charge in [0, 0.05) is 5.57 Å². The molecule has 0 spiro atoms. The van der Waals surface area contributed by atoms with E-state index in [1.807, 2.05) is 19.1 Å². The predicted molar refractivity (Wildman–Crippen MR) is 51.7 cm³/mol. The van der Waals surface area contributed by atoms with Crippen LogP contribution in [0.25, 0.3) is 5.57 Å². The van der Waals surface area contributed by atoms with Gasteiger partial charge in [0.2, 0.25) is 0 Å². The van der Waals surface area contributed by atoms with Crippen LogP contribution in [-0.2, 0) is 0 Å². The summed E-state index contributed by atoms with van der Waals surface area (Å²) in [5.41, 5.74) is 6.94. The molecule has 0 saturated carbocycles. The summed E-state index contributed by atoms with van der Waals surface area (Å²) in [6.07, 6.45) is 7.18. The number of rotatable bonds is 3. The second-order valence-electron chi connectivity index (χ2n) is 2.34. The van der Waals surface area contributed by atoms with Crippen molar-refractivity contribution in [3.05, 3.63) is 36.6 Å². The maximum Gasteiger partial charge on any atom is 0.196 e. The Hall–Kier alpha value is -1.84. The van der Waals surface area contributed by atoms with Crippen molar-refractivity contribution in [3.8, 4) is 0 Å². The van der Waals surface area contributed by atoms with Crippen molar-refractivity contribution in [2.75, 3.05) is 5.73 Å². The van der Waals surface area contributed by atoms with Crippen molar-refractivity contribution in [1.82, 2.24) is 10.3 Å². The fourth-order valence-corrected chi connectivity index (χ4v) is 0.879. The maximum absolute atomic E-state index is 5.52. The topological polar surface area (TPSA) is 64.9 Å². The lowest BCUT2D eigenvalue weighted by Crippen LogP contribution is -1.90. The van der Waals surface area contributed by atoms with E-state index in [1.54, 1.807) is 12.2 Å². The van der Waals surface area contributed by atoms with Crippen LogP contribution in [-0.4, -0.2) is 10.3 Å². The third-order valence-corrected chi connectivity index (χ3v) is 1.51. The second kappa shape index (κ2) is 4.25. The molecule has 0 amide bonds. The van der Waals surface area contributed by atoms with Gasteiger partial charge in [0.1, 0.15) is 0 Å². The highest BCUT2D eigenvalue weighted by Crippen LogP contribution is 2.18. The van der Waals surface area contributed by atoms with E-state index >= 15 is 0 Å². The SMILES string of the molecule is C=C/C=C\C(=C/C)c1nonc1N. The average molecular weight is 177 g/mol. The summed E-state index contributed by atoms with van der Waals surface area (Å²) < 4.78 is 4.48. The van der Waals surface area contributed by atoms with E-state index in [0.717, 1.165) is 5.57 Å². The van der Waals surface area contributed by atoms with Gasteiger partial charge in [-0.2, -0.15) is 0 Å². The zero-order chi connectivity index (χ0) is 9.68. The highest BCUT2D eigenvalue weighted by atomic mass is 16.6. The summed E-state index contributed by atoms with van der Waals surface area (Å²) in [5.74, 6) is 0.293. The van der Waals surface area contributed by atoms with E-state index in [4.69, 9.17) is 5.73 Å². The Bertz CT molecular complexity index is 349. The first-order chi connectivity index (χ1) is 6.29. The number of anilines is 1. The minimum Gasteiger partial charge on any atom is -0.379 e. The predicted octanol–water partition coefficient (Wildman–Crippen LogP) is 1.80. The monoisotopic (exact) mass is 177 g/mol. The third-order valence-electron chi connectivity index (χ3n) is 1.51. The Morgan fingerprint density at radius 3 is 2.77 bits per heavy atom. The van der Waals surface area contributed by atoms with Gasteiger partial charge < -0.3 is 5.73 Å². The van der Waals surface area contributed by atoms with E-state index in [-0.39, 0.29) is 0 Å². The van der Waals surface area contributed by atoms with Crippen LogP contribution in [0.5, 0.6) is 0 Å². The van der Waals surface area contributed by atoms with Gasteiger partial charge >= 0.3 is 0 Å². The molecule has 0 aliphatic carbocycles. The highest BCUT2D eigenvalue weighted by molar-refractivity contribution is 5.76. The Kier molecular flexibility index (Phi) is 3.03. The highest BCUT2D eigenvalue weighted by Gasteiger charge is 2.07. The molecule has 1 aromatic heterocycles. The van der Waals surface area contributed by atoms with E-state index in [0.29, 0.717) is 11.5 Å². The summed E-state index contributed by atoms with van der Waals surface area (Å²) in [5, 5.41) is 7.16. The van der Waals surface area contributed by atoms with Gasteiger partial charge in [0.05, 0.1) is 0 Å². The molecule has 68 valence electrons. The molecule has 13 heavy (non-hydrogen) atoms. The van der Waals surface area contributed by atoms with Crippen LogP contribution < -0.4 is 5.73 Å². The molecule has 0 unspecified atom stereocenters. The lowest BCUT2D eigenvalue weighted by atomic mass is 10.1. The molecule has 0 bridgehead atoms. The molecule has 0 aliphatic heterocycles. The zero-order valence-electron chi connectivity index (χ0n) is 7.40. The fourth-order valence-electron chi connectivity index (χ4n) is 0.879. The largest absolute Gasteiger partial charge is 0.379 e. The van der Waals surface area contributed by atoms with Crippen LogP contribution in [0.2, 0.25) is 0 Å². The number of nitrogen functional groups attached to an aromatic ring is 1.